The molecule has 2 fully saturated rings. The lowest BCUT2D eigenvalue weighted by atomic mass is 9.80. The van der Waals surface area contributed by atoms with Crippen molar-refractivity contribution in [2.45, 2.75) is 69.9 Å². The molecule has 0 bridgehead atoms. The summed E-state index contributed by atoms with van der Waals surface area (Å²) in [7, 11) is 0. The van der Waals surface area contributed by atoms with Gasteiger partial charge in [-0.15, -0.1) is 0 Å². The molecule has 4 nitrogen and oxygen atoms in total. The maximum Gasteiger partial charge on any atom is 0.221 e. The second-order valence-electron chi connectivity index (χ2n) is 6.50. The molecule has 3 N–H and O–H groups in total. The number of carbonyl (C=O) groups excluding carboxylic acids is 1. The third-order valence-corrected chi connectivity index (χ3v) is 4.72. The number of nitrogens with zero attached hydrogens (tertiary/aromatic N) is 1. The van der Waals surface area contributed by atoms with Gasteiger partial charge in [0.05, 0.1) is 0 Å². The van der Waals surface area contributed by atoms with E-state index >= 15 is 0 Å². The molecular formula is C15H29N3O. The van der Waals surface area contributed by atoms with Crippen molar-refractivity contribution >= 4 is 5.91 Å². The SMILES string of the molecule is CC(CNC(=O)CC1(N)CCCCC1)N1CCCC1. The molecule has 1 saturated heterocycles. The van der Waals surface area contributed by atoms with E-state index < -0.39 is 0 Å². The van der Waals surface area contributed by atoms with Crippen LogP contribution in [0.2, 0.25) is 0 Å². The van der Waals surface area contributed by atoms with Gasteiger partial charge in [0.2, 0.25) is 5.91 Å². The van der Waals surface area contributed by atoms with Crippen molar-refractivity contribution in [3.63, 3.8) is 0 Å². The van der Waals surface area contributed by atoms with Crippen LogP contribution in [0.15, 0.2) is 0 Å². The van der Waals surface area contributed by atoms with Crippen molar-refractivity contribution < 1.29 is 4.79 Å². The number of hydrogen-bond acceptors (Lipinski definition) is 3. The molecule has 1 amide bonds. The van der Waals surface area contributed by atoms with Crippen molar-refractivity contribution in [1.82, 2.24) is 10.2 Å². The molecule has 1 atom stereocenters. The molecule has 0 radical (unpaired) electrons. The van der Waals surface area contributed by atoms with E-state index in [-0.39, 0.29) is 11.4 Å². The van der Waals surface area contributed by atoms with Crippen LogP contribution in [0.5, 0.6) is 0 Å². The highest BCUT2D eigenvalue weighted by Gasteiger charge is 2.30. The Morgan fingerprint density at radius 1 is 1.21 bits per heavy atom. The van der Waals surface area contributed by atoms with Crippen LogP contribution in [0.25, 0.3) is 0 Å². The first-order chi connectivity index (χ1) is 9.09. The van der Waals surface area contributed by atoms with Crippen LogP contribution in [0.1, 0.15) is 58.3 Å². The Morgan fingerprint density at radius 3 is 2.47 bits per heavy atom. The van der Waals surface area contributed by atoms with Gasteiger partial charge in [-0.1, -0.05) is 19.3 Å². The first kappa shape index (κ1) is 14.8. The normalized spacial score (nSPS) is 25.2. The van der Waals surface area contributed by atoms with E-state index in [2.05, 4.69) is 17.1 Å². The zero-order chi connectivity index (χ0) is 13.7. The van der Waals surface area contributed by atoms with Crippen LogP contribution in [-0.2, 0) is 4.79 Å². The Labute approximate surface area is 117 Å². The van der Waals surface area contributed by atoms with E-state index in [9.17, 15) is 4.79 Å². The minimum atomic E-state index is -0.237. The quantitative estimate of drug-likeness (QED) is 0.796. The average molecular weight is 267 g/mol. The second kappa shape index (κ2) is 6.71. The standard InChI is InChI=1S/C15H29N3O/c1-13(18-9-5-6-10-18)12-17-14(19)11-15(16)7-3-2-4-8-15/h13H,2-12,16H2,1H3,(H,17,19). The summed E-state index contributed by atoms with van der Waals surface area (Å²) in [4.78, 5) is 14.5. The fourth-order valence-corrected chi connectivity index (χ4v) is 3.39. The first-order valence-electron chi connectivity index (χ1n) is 7.89. The third-order valence-electron chi connectivity index (χ3n) is 4.72. The van der Waals surface area contributed by atoms with Crippen molar-refractivity contribution in [3.05, 3.63) is 0 Å². The summed E-state index contributed by atoms with van der Waals surface area (Å²) in [5.41, 5.74) is 6.08. The summed E-state index contributed by atoms with van der Waals surface area (Å²) in [6.45, 7) is 5.31. The van der Waals surface area contributed by atoms with Gasteiger partial charge in [0.15, 0.2) is 0 Å². The lowest BCUT2D eigenvalue weighted by Crippen LogP contribution is -2.48. The third kappa shape index (κ3) is 4.46. The van der Waals surface area contributed by atoms with E-state index in [0.29, 0.717) is 12.5 Å². The maximum absolute atomic E-state index is 12.0. The lowest BCUT2D eigenvalue weighted by Gasteiger charge is -2.33. The van der Waals surface area contributed by atoms with E-state index in [1.165, 1.54) is 45.2 Å². The van der Waals surface area contributed by atoms with Crippen molar-refractivity contribution in [3.8, 4) is 0 Å². The van der Waals surface area contributed by atoms with Crippen molar-refractivity contribution in [1.29, 1.82) is 0 Å². The molecule has 0 aromatic heterocycles. The topological polar surface area (TPSA) is 58.4 Å². The number of hydrogen-bond donors (Lipinski definition) is 2. The molecule has 19 heavy (non-hydrogen) atoms. The predicted molar refractivity (Wildman–Crippen MR) is 77.9 cm³/mol. The van der Waals surface area contributed by atoms with Gasteiger partial charge in [-0.25, -0.2) is 0 Å². The van der Waals surface area contributed by atoms with Gasteiger partial charge >= 0.3 is 0 Å². The number of carbonyl (C=O) groups is 1. The van der Waals surface area contributed by atoms with Crippen molar-refractivity contribution in [2.75, 3.05) is 19.6 Å². The zero-order valence-electron chi connectivity index (χ0n) is 12.3. The number of rotatable bonds is 5. The molecule has 2 rings (SSSR count). The molecule has 1 unspecified atom stereocenters. The monoisotopic (exact) mass is 267 g/mol. The molecule has 1 aliphatic heterocycles. The summed E-state index contributed by atoms with van der Waals surface area (Å²) >= 11 is 0. The van der Waals surface area contributed by atoms with Crippen LogP contribution in [-0.4, -0.2) is 42.0 Å². The van der Waals surface area contributed by atoms with Crippen LogP contribution < -0.4 is 11.1 Å². The number of amides is 1. The average Bonchev–Trinajstić information content (AvgIpc) is 2.90. The van der Waals surface area contributed by atoms with E-state index in [1.54, 1.807) is 0 Å². The lowest BCUT2D eigenvalue weighted by molar-refractivity contribution is -0.122. The number of likely N-dealkylation sites (tertiary alicyclic amines) is 1. The smallest absolute Gasteiger partial charge is 0.221 e. The van der Waals surface area contributed by atoms with Crippen LogP contribution in [0.4, 0.5) is 0 Å². The van der Waals surface area contributed by atoms with Crippen molar-refractivity contribution in [2.24, 2.45) is 5.73 Å². The Morgan fingerprint density at radius 2 is 1.84 bits per heavy atom. The Balaban J connectivity index is 1.68. The summed E-state index contributed by atoms with van der Waals surface area (Å²) in [5.74, 6) is 0.135. The Kier molecular flexibility index (Phi) is 5.22. The molecule has 1 saturated carbocycles. The minimum absolute atomic E-state index is 0.135. The van der Waals surface area contributed by atoms with Crippen LogP contribution >= 0.6 is 0 Å². The van der Waals surface area contributed by atoms with Gasteiger partial charge in [0.25, 0.3) is 0 Å². The Hall–Kier alpha value is -0.610. The first-order valence-corrected chi connectivity index (χ1v) is 7.89. The summed E-state index contributed by atoms with van der Waals surface area (Å²) < 4.78 is 0. The second-order valence-corrected chi connectivity index (χ2v) is 6.50. The molecular weight excluding hydrogens is 238 g/mol. The van der Waals surface area contributed by atoms with Gasteiger partial charge in [0.1, 0.15) is 0 Å². The highest BCUT2D eigenvalue weighted by molar-refractivity contribution is 5.77. The number of nitrogens with one attached hydrogen (secondary N) is 1. The fraction of sp³-hybridized carbons (Fsp3) is 0.933. The summed E-state index contributed by atoms with van der Waals surface area (Å²) in [6.07, 6.45) is 8.72. The molecule has 2 aliphatic rings. The Bertz CT molecular complexity index is 294. The van der Waals surface area contributed by atoms with E-state index in [1.807, 2.05) is 0 Å². The summed E-state index contributed by atoms with van der Waals surface area (Å²) in [6, 6.07) is 0.450. The van der Waals surface area contributed by atoms with Crippen LogP contribution in [0, 0.1) is 0 Å². The molecule has 0 spiro atoms. The summed E-state index contributed by atoms with van der Waals surface area (Å²) in [5, 5.41) is 3.07. The van der Waals surface area contributed by atoms with Gasteiger partial charge in [0, 0.05) is 24.5 Å². The predicted octanol–water partition coefficient (Wildman–Crippen LogP) is 1.64. The molecule has 4 heteroatoms. The largest absolute Gasteiger partial charge is 0.354 e. The minimum Gasteiger partial charge on any atom is -0.354 e. The van der Waals surface area contributed by atoms with Gasteiger partial charge < -0.3 is 11.1 Å². The van der Waals surface area contributed by atoms with Gasteiger partial charge in [-0.05, 0) is 45.7 Å². The highest BCUT2D eigenvalue weighted by atomic mass is 16.1. The fourth-order valence-electron chi connectivity index (χ4n) is 3.39. The van der Waals surface area contributed by atoms with E-state index in [4.69, 9.17) is 5.73 Å². The van der Waals surface area contributed by atoms with Gasteiger partial charge in [-0.3, -0.25) is 9.69 Å². The molecule has 0 aromatic carbocycles. The maximum atomic E-state index is 12.0. The van der Waals surface area contributed by atoms with E-state index in [0.717, 1.165) is 19.4 Å². The highest BCUT2D eigenvalue weighted by Crippen LogP contribution is 2.28. The molecule has 1 heterocycles. The molecule has 0 aromatic rings. The van der Waals surface area contributed by atoms with Gasteiger partial charge in [-0.2, -0.15) is 0 Å². The molecule has 110 valence electrons. The van der Waals surface area contributed by atoms with Crippen LogP contribution in [0.3, 0.4) is 0 Å². The zero-order valence-corrected chi connectivity index (χ0v) is 12.3. The number of nitrogens with two attached hydrogens (primary N) is 1. The molecule has 1 aliphatic carbocycles.